The molecule has 8 heteroatoms. The Kier molecular flexibility index (Phi) is 5.83. The maximum Gasteiger partial charge on any atom is 0.214 e. The Morgan fingerprint density at radius 1 is 1.56 bits per heavy atom. The minimum atomic E-state index is -3.38. The second-order valence-corrected chi connectivity index (χ2v) is 6.35. The maximum atomic E-state index is 12.2. The molecule has 1 saturated heterocycles. The summed E-state index contributed by atoms with van der Waals surface area (Å²) in [5.41, 5.74) is 5.56. The van der Waals surface area contributed by atoms with Crippen molar-refractivity contribution in [2.75, 3.05) is 26.0 Å². The Bertz CT molecular complexity index is 383. The highest BCUT2D eigenvalue weighted by Crippen LogP contribution is 2.21. The van der Waals surface area contributed by atoms with Gasteiger partial charge in [0, 0.05) is 20.3 Å². The van der Waals surface area contributed by atoms with Crippen LogP contribution in [0.25, 0.3) is 0 Å². The molecule has 0 radical (unpaired) electrons. The third kappa shape index (κ3) is 3.82. The van der Waals surface area contributed by atoms with Crippen molar-refractivity contribution in [3.8, 4) is 0 Å². The Morgan fingerprint density at radius 2 is 2.28 bits per heavy atom. The van der Waals surface area contributed by atoms with Crippen molar-refractivity contribution in [3.63, 3.8) is 0 Å². The zero-order valence-corrected chi connectivity index (χ0v) is 11.4. The third-order valence-corrected chi connectivity index (χ3v) is 4.97. The molecular formula is C10H21N3O4S. The Balaban J connectivity index is 2.76. The summed E-state index contributed by atoms with van der Waals surface area (Å²) in [5.74, 6) is -0.0132. The highest BCUT2D eigenvalue weighted by atomic mass is 32.2. The lowest BCUT2D eigenvalue weighted by atomic mass is 10.0. The van der Waals surface area contributed by atoms with Crippen LogP contribution in [0.1, 0.15) is 25.7 Å². The van der Waals surface area contributed by atoms with E-state index in [2.05, 4.69) is 5.16 Å². The zero-order valence-electron chi connectivity index (χ0n) is 10.6. The summed E-state index contributed by atoms with van der Waals surface area (Å²) >= 11 is 0. The summed E-state index contributed by atoms with van der Waals surface area (Å²) in [4.78, 5) is 0. The summed E-state index contributed by atoms with van der Waals surface area (Å²) in [5, 5.41) is 11.6. The van der Waals surface area contributed by atoms with E-state index >= 15 is 0 Å². The van der Waals surface area contributed by atoms with E-state index in [1.165, 1.54) is 11.4 Å². The summed E-state index contributed by atoms with van der Waals surface area (Å²) < 4.78 is 30.5. The smallest absolute Gasteiger partial charge is 0.214 e. The van der Waals surface area contributed by atoms with Crippen LogP contribution < -0.4 is 5.73 Å². The van der Waals surface area contributed by atoms with Crippen LogP contribution in [0, 0.1) is 0 Å². The molecule has 0 aromatic heterocycles. The van der Waals surface area contributed by atoms with Crippen molar-refractivity contribution in [3.05, 3.63) is 0 Å². The van der Waals surface area contributed by atoms with E-state index < -0.39 is 16.1 Å². The van der Waals surface area contributed by atoms with Gasteiger partial charge in [0.25, 0.3) is 0 Å². The lowest BCUT2D eigenvalue weighted by Gasteiger charge is -2.33. The first-order chi connectivity index (χ1) is 8.53. The molecule has 1 atom stereocenters. The normalized spacial score (nSPS) is 23.2. The molecule has 0 saturated carbocycles. The quantitative estimate of drug-likeness (QED) is 0.233. The van der Waals surface area contributed by atoms with Gasteiger partial charge in [0.2, 0.25) is 10.0 Å². The van der Waals surface area contributed by atoms with Crippen molar-refractivity contribution < 1.29 is 18.4 Å². The third-order valence-electron chi connectivity index (χ3n) is 3.02. The van der Waals surface area contributed by atoms with Gasteiger partial charge in [-0.1, -0.05) is 11.6 Å². The van der Waals surface area contributed by atoms with Crippen molar-refractivity contribution in [1.29, 1.82) is 0 Å². The van der Waals surface area contributed by atoms with Crippen LogP contribution in [0.2, 0.25) is 0 Å². The van der Waals surface area contributed by atoms with Crippen LogP contribution in [0.4, 0.5) is 0 Å². The first-order valence-corrected chi connectivity index (χ1v) is 7.59. The number of hydrogen-bond donors (Lipinski definition) is 2. The van der Waals surface area contributed by atoms with E-state index in [9.17, 15) is 8.42 Å². The molecule has 18 heavy (non-hydrogen) atoms. The van der Waals surface area contributed by atoms with Gasteiger partial charge in [0.1, 0.15) is 0 Å². The number of hydrogen-bond acceptors (Lipinski definition) is 5. The standard InChI is InChI=1S/C10H21N3O4S/c1-17-7-4-8-18(15,16)13-6-3-2-5-9(13)10(11)12-14/h9,14H,2-8H2,1H3,(H2,11,12). The minimum Gasteiger partial charge on any atom is -0.409 e. The Hall–Kier alpha value is -0.860. The van der Waals surface area contributed by atoms with Gasteiger partial charge < -0.3 is 15.7 Å². The predicted octanol–water partition coefficient (Wildman–Crippen LogP) is -0.0464. The van der Waals surface area contributed by atoms with E-state index in [4.69, 9.17) is 15.7 Å². The highest BCUT2D eigenvalue weighted by molar-refractivity contribution is 7.89. The average Bonchev–Trinajstić information content (AvgIpc) is 2.38. The number of oxime groups is 1. The molecule has 0 aliphatic carbocycles. The number of nitrogens with zero attached hydrogens (tertiary/aromatic N) is 2. The van der Waals surface area contributed by atoms with Gasteiger partial charge in [-0.25, -0.2) is 8.42 Å². The summed E-state index contributed by atoms with van der Waals surface area (Å²) in [6, 6.07) is -0.517. The molecular weight excluding hydrogens is 258 g/mol. The van der Waals surface area contributed by atoms with E-state index in [-0.39, 0.29) is 11.6 Å². The zero-order chi connectivity index (χ0) is 13.6. The first kappa shape index (κ1) is 15.2. The number of rotatable bonds is 6. The van der Waals surface area contributed by atoms with Crippen molar-refractivity contribution in [2.45, 2.75) is 31.7 Å². The van der Waals surface area contributed by atoms with E-state index in [0.29, 0.717) is 26.0 Å². The predicted molar refractivity (Wildman–Crippen MR) is 68.0 cm³/mol. The minimum absolute atomic E-state index is 0.0239. The van der Waals surface area contributed by atoms with Gasteiger partial charge >= 0.3 is 0 Å². The van der Waals surface area contributed by atoms with E-state index in [0.717, 1.165) is 12.8 Å². The van der Waals surface area contributed by atoms with Crippen molar-refractivity contribution >= 4 is 15.9 Å². The van der Waals surface area contributed by atoms with Gasteiger partial charge in [0.05, 0.1) is 11.8 Å². The van der Waals surface area contributed by atoms with Gasteiger partial charge in [-0.05, 0) is 19.3 Å². The highest BCUT2D eigenvalue weighted by Gasteiger charge is 2.34. The summed E-state index contributed by atoms with van der Waals surface area (Å²) in [6.07, 6.45) is 2.72. The Labute approximate surface area is 108 Å². The van der Waals surface area contributed by atoms with Crippen LogP contribution in [0.3, 0.4) is 0 Å². The Morgan fingerprint density at radius 3 is 2.89 bits per heavy atom. The molecule has 106 valence electrons. The maximum absolute atomic E-state index is 12.2. The molecule has 7 nitrogen and oxygen atoms in total. The molecule has 1 aliphatic rings. The number of amidine groups is 1. The molecule has 0 aromatic carbocycles. The fourth-order valence-electron chi connectivity index (χ4n) is 2.10. The van der Waals surface area contributed by atoms with Gasteiger partial charge in [-0.15, -0.1) is 0 Å². The molecule has 1 unspecified atom stereocenters. The second kappa shape index (κ2) is 6.91. The van der Waals surface area contributed by atoms with Crippen LogP contribution in [-0.4, -0.2) is 55.8 Å². The SMILES string of the molecule is COCCCS(=O)(=O)N1CCCCC1C(N)=NO. The largest absolute Gasteiger partial charge is 0.409 e. The number of methoxy groups -OCH3 is 1. The fourth-order valence-corrected chi connectivity index (χ4v) is 3.83. The molecule has 1 heterocycles. The number of ether oxygens (including phenoxy) is 1. The van der Waals surface area contributed by atoms with E-state index in [1.807, 2.05) is 0 Å². The summed E-state index contributed by atoms with van der Waals surface area (Å²) in [6.45, 7) is 0.831. The van der Waals surface area contributed by atoms with Crippen LogP contribution in [0.5, 0.6) is 0 Å². The number of piperidine rings is 1. The number of nitrogens with two attached hydrogens (primary N) is 1. The molecule has 1 rings (SSSR count). The topological polar surface area (TPSA) is 105 Å². The van der Waals surface area contributed by atoms with Crippen LogP contribution in [-0.2, 0) is 14.8 Å². The average molecular weight is 279 g/mol. The molecule has 1 aliphatic heterocycles. The lowest BCUT2D eigenvalue weighted by Crippen LogP contribution is -2.51. The van der Waals surface area contributed by atoms with Crippen molar-refractivity contribution in [2.24, 2.45) is 10.9 Å². The van der Waals surface area contributed by atoms with Crippen LogP contribution in [0.15, 0.2) is 5.16 Å². The summed E-state index contributed by atoms with van der Waals surface area (Å²) in [7, 11) is -1.84. The molecule has 0 aromatic rings. The number of sulfonamides is 1. The first-order valence-electron chi connectivity index (χ1n) is 5.99. The molecule has 0 bridgehead atoms. The molecule has 3 N–H and O–H groups in total. The molecule has 0 amide bonds. The fraction of sp³-hybridized carbons (Fsp3) is 0.900. The van der Waals surface area contributed by atoms with Crippen molar-refractivity contribution in [1.82, 2.24) is 4.31 Å². The van der Waals surface area contributed by atoms with Gasteiger partial charge in [-0.2, -0.15) is 4.31 Å². The second-order valence-electron chi connectivity index (χ2n) is 4.31. The molecule has 1 fully saturated rings. The van der Waals surface area contributed by atoms with Crippen LogP contribution >= 0.6 is 0 Å². The monoisotopic (exact) mass is 279 g/mol. The van der Waals surface area contributed by atoms with Gasteiger partial charge in [-0.3, -0.25) is 0 Å². The van der Waals surface area contributed by atoms with E-state index in [1.54, 1.807) is 0 Å². The van der Waals surface area contributed by atoms with Gasteiger partial charge in [0.15, 0.2) is 5.84 Å². The molecule has 0 spiro atoms. The lowest BCUT2D eigenvalue weighted by molar-refractivity contribution is 0.198.